The fourth-order valence-corrected chi connectivity index (χ4v) is 3.37. The Morgan fingerprint density at radius 1 is 1.20 bits per heavy atom. The highest BCUT2D eigenvalue weighted by Crippen LogP contribution is 2.49. The molecule has 4 heteroatoms. The van der Waals surface area contributed by atoms with Gasteiger partial charge in [-0.25, -0.2) is 4.79 Å². The second kappa shape index (κ2) is 5.68. The third-order valence-corrected chi connectivity index (χ3v) is 4.26. The van der Waals surface area contributed by atoms with Gasteiger partial charge in [0, 0.05) is 11.1 Å². The fourth-order valence-electron chi connectivity index (χ4n) is 3.37. The molecule has 0 aromatic heterocycles. The number of carbonyl (C=O) groups excluding carboxylic acids is 1. The lowest BCUT2D eigenvalue weighted by Gasteiger charge is -2.28. The highest BCUT2D eigenvalue weighted by molar-refractivity contribution is 5.57. The summed E-state index contributed by atoms with van der Waals surface area (Å²) in [6, 6.07) is 1.99. The second-order valence-electron chi connectivity index (χ2n) is 5.37. The van der Waals surface area contributed by atoms with Crippen LogP contribution in [0.5, 0.6) is 11.5 Å². The number of benzene rings is 1. The summed E-state index contributed by atoms with van der Waals surface area (Å²) in [4.78, 5) is 15.1. The molecule has 0 saturated heterocycles. The molecule has 1 aromatic rings. The van der Waals surface area contributed by atoms with Crippen molar-refractivity contribution in [1.82, 2.24) is 0 Å². The number of nitrogens with zero attached hydrogens (tertiary/aromatic N) is 1. The summed E-state index contributed by atoms with van der Waals surface area (Å²) in [5.41, 5.74) is 2.53. The molecular formula is C16H21NO3. The predicted molar refractivity (Wildman–Crippen MR) is 77.3 cm³/mol. The summed E-state index contributed by atoms with van der Waals surface area (Å²) < 4.78 is 11.0. The van der Waals surface area contributed by atoms with Crippen molar-refractivity contribution in [3.05, 3.63) is 22.8 Å². The Labute approximate surface area is 119 Å². The van der Waals surface area contributed by atoms with Gasteiger partial charge in [-0.3, -0.25) is 0 Å². The SMILES string of the molecule is COc1cc(C)c(C2(N=C=O)CCCC2)c(OC)c1C. The van der Waals surface area contributed by atoms with E-state index in [0.717, 1.165) is 53.9 Å². The maximum atomic E-state index is 10.9. The first-order chi connectivity index (χ1) is 9.59. The van der Waals surface area contributed by atoms with Crippen LogP contribution in [0.2, 0.25) is 0 Å². The van der Waals surface area contributed by atoms with Crippen molar-refractivity contribution in [1.29, 1.82) is 0 Å². The van der Waals surface area contributed by atoms with E-state index in [0.29, 0.717) is 0 Å². The van der Waals surface area contributed by atoms with Crippen LogP contribution in [0.25, 0.3) is 0 Å². The van der Waals surface area contributed by atoms with E-state index in [4.69, 9.17) is 9.47 Å². The first-order valence-corrected chi connectivity index (χ1v) is 6.91. The highest BCUT2D eigenvalue weighted by Gasteiger charge is 2.40. The summed E-state index contributed by atoms with van der Waals surface area (Å²) in [6.07, 6.45) is 5.63. The van der Waals surface area contributed by atoms with Gasteiger partial charge in [0.2, 0.25) is 6.08 Å². The maximum Gasteiger partial charge on any atom is 0.235 e. The first-order valence-electron chi connectivity index (χ1n) is 6.91. The lowest BCUT2D eigenvalue weighted by atomic mass is 9.83. The Hall–Kier alpha value is -1.80. The van der Waals surface area contributed by atoms with Gasteiger partial charge in [-0.05, 0) is 38.3 Å². The van der Waals surface area contributed by atoms with Crippen LogP contribution in [0, 0.1) is 13.8 Å². The van der Waals surface area contributed by atoms with Crippen molar-refractivity contribution in [2.45, 2.75) is 45.1 Å². The molecule has 1 fully saturated rings. The maximum absolute atomic E-state index is 10.9. The van der Waals surface area contributed by atoms with Gasteiger partial charge in [0.15, 0.2) is 0 Å². The van der Waals surface area contributed by atoms with Crippen molar-refractivity contribution in [2.75, 3.05) is 14.2 Å². The van der Waals surface area contributed by atoms with Gasteiger partial charge >= 0.3 is 0 Å². The smallest absolute Gasteiger partial charge is 0.235 e. The van der Waals surface area contributed by atoms with Gasteiger partial charge < -0.3 is 9.47 Å². The molecule has 0 unspecified atom stereocenters. The second-order valence-corrected chi connectivity index (χ2v) is 5.37. The molecule has 1 saturated carbocycles. The minimum absolute atomic E-state index is 0.478. The third-order valence-electron chi connectivity index (χ3n) is 4.26. The molecule has 108 valence electrons. The quantitative estimate of drug-likeness (QED) is 0.625. The van der Waals surface area contributed by atoms with E-state index in [2.05, 4.69) is 4.99 Å². The van der Waals surface area contributed by atoms with Crippen LogP contribution in [0.4, 0.5) is 0 Å². The molecule has 1 aromatic carbocycles. The Kier molecular flexibility index (Phi) is 4.15. The van der Waals surface area contributed by atoms with Gasteiger partial charge in [0.1, 0.15) is 17.0 Å². The topological polar surface area (TPSA) is 47.9 Å². The number of rotatable bonds is 4. The molecule has 0 aliphatic heterocycles. The monoisotopic (exact) mass is 275 g/mol. The van der Waals surface area contributed by atoms with Gasteiger partial charge in [-0.15, -0.1) is 0 Å². The van der Waals surface area contributed by atoms with E-state index >= 15 is 0 Å². The zero-order valence-electron chi connectivity index (χ0n) is 12.6. The number of ether oxygens (including phenoxy) is 2. The molecule has 0 heterocycles. The van der Waals surface area contributed by atoms with Gasteiger partial charge in [0.25, 0.3) is 0 Å². The van der Waals surface area contributed by atoms with Crippen molar-refractivity contribution >= 4 is 6.08 Å². The van der Waals surface area contributed by atoms with Crippen LogP contribution in [0.15, 0.2) is 11.1 Å². The average molecular weight is 275 g/mol. The molecule has 0 radical (unpaired) electrons. The van der Waals surface area contributed by atoms with Crippen LogP contribution in [-0.2, 0) is 10.3 Å². The van der Waals surface area contributed by atoms with Gasteiger partial charge in [-0.1, -0.05) is 12.8 Å². The molecule has 0 amide bonds. The Balaban J connectivity index is 2.72. The van der Waals surface area contributed by atoms with Crippen LogP contribution in [0.1, 0.15) is 42.4 Å². The van der Waals surface area contributed by atoms with E-state index in [1.165, 1.54) is 0 Å². The lowest BCUT2D eigenvalue weighted by molar-refractivity contribution is 0.364. The third kappa shape index (κ3) is 2.20. The molecule has 0 spiro atoms. The van der Waals surface area contributed by atoms with Gasteiger partial charge in [-0.2, -0.15) is 4.99 Å². The lowest BCUT2D eigenvalue weighted by Crippen LogP contribution is -2.22. The van der Waals surface area contributed by atoms with Crippen molar-refractivity contribution in [3.8, 4) is 11.5 Å². The number of methoxy groups -OCH3 is 2. The molecular weight excluding hydrogens is 254 g/mol. The standard InChI is InChI=1S/C16H21NO3/c1-11-9-13(19-3)12(2)15(20-4)14(11)16(17-10-18)7-5-6-8-16/h9H,5-8H2,1-4H3. The van der Waals surface area contributed by atoms with Crippen LogP contribution in [0.3, 0.4) is 0 Å². The summed E-state index contributed by atoms with van der Waals surface area (Å²) in [6.45, 7) is 3.98. The van der Waals surface area contributed by atoms with Crippen molar-refractivity contribution in [2.24, 2.45) is 4.99 Å². The van der Waals surface area contributed by atoms with E-state index in [9.17, 15) is 4.79 Å². The number of aryl methyl sites for hydroxylation is 1. The fraction of sp³-hybridized carbons (Fsp3) is 0.562. The van der Waals surface area contributed by atoms with E-state index < -0.39 is 5.54 Å². The van der Waals surface area contributed by atoms with Crippen LogP contribution >= 0.6 is 0 Å². The highest BCUT2D eigenvalue weighted by atomic mass is 16.5. The zero-order valence-corrected chi connectivity index (χ0v) is 12.6. The predicted octanol–water partition coefficient (Wildman–Crippen LogP) is 3.43. The van der Waals surface area contributed by atoms with Gasteiger partial charge in [0.05, 0.1) is 14.2 Å². The largest absolute Gasteiger partial charge is 0.496 e. The van der Waals surface area contributed by atoms with E-state index in [-0.39, 0.29) is 0 Å². The van der Waals surface area contributed by atoms with Crippen LogP contribution < -0.4 is 9.47 Å². The molecule has 1 aliphatic rings. The number of aliphatic imine (C=N–C) groups is 1. The molecule has 0 N–H and O–H groups in total. The zero-order chi connectivity index (χ0) is 14.8. The number of hydrogen-bond donors (Lipinski definition) is 0. The molecule has 20 heavy (non-hydrogen) atoms. The molecule has 0 atom stereocenters. The Bertz CT molecular complexity index is 553. The molecule has 4 nitrogen and oxygen atoms in total. The van der Waals surface area contributed by atoms with Crippen molar-refractivity contribution < 1.29 is 14.3 Å². The molecule has 0 bridgehead atoms. The van der Waals surface area contributed by atoms with Crippen molar-refractivity contribution in [3.63, 3.8) is 0 Å². The first kappa shape index (κ1) is 14.6. The van der Waals surface area contributed by atoms with Crippen LogP contribution in [-0.4, -0.2) is 20.3 Å². The van der Waals surface area contributed by atoms with E-state index in [1.807, 2.05) is 19.9 Å². The summed E-state index contributed by atoms with van der Waals surface area (Å²) >= 11 is 0. The summed E-state index contributed by atoms with van der Waals surface area (Å²) in [5, 5.41) is 0. The number of isocyanates is 1. The Morgan fingerprint density at radius 3 is 2.35 bits per heavy atom. The average Bonchev–Trinajstić information content (AvgIpc) is 2.90. The molecule has 1 aliphatic carbocycles. The summed E-state index contributed by atoms with van der Waals surface area (Å²) in [5.74, 6) is 1.58. The normalized spacial score (nSPS) is 16.6. The Morgan fingerprint density at radius 2 is 1.85 bits per heavy atom. The van der Waals surface area contributed by atoms with E-state index in [1.54, 1.807) is 20.3 Å². The minimum Gasteiger partial charge on any atom is -0.496 e. The molecule has 2 rings (SSSR count). The summed E-state index contributed by atoms with van der Waals surface area (Å²) in [7, 11) is 3.30. The minimum atomic E-state index is -0.478. The number of hydrogen-bond acceptors (Lipinski definition) is 4.